The van der Waals surface area contributed by atoms with E-state index in [0.29, 0.717) is 26.1 Å². The number of hydrogen-bond donors (Lipinski definition) is 1. The first kappa shape index (κ1) is 17.0. The number of hydrogen-bond acceptors (Lipinski definition) is 3. The molecule has 0 spiro atoms. The summed E-state index contributed by atoms with van der Waals surface area (Å²) in [6, 6.07) is 0. The van der Waals surface area contributed by atoms with Gasteiger partial charge in [-0.25, -0.2) is 0 Å². The summed E-state index contributed by atoms with van der Waals surface area (Å²) in [5.41, 5.74) is 5.83. The van der Waals surface area contributed by atoms with Crippen LogP contribution >= 0.6 is 0 Å². The SMILES string of the molecule is CCOC1CC(N)(CN2CCCC(C(F)(F)F)C2)C1(C)C. The summed E-state index contributed by atoms with van der Waals surface area (Å²) in [5, 5.41) is 0. The molecule has 0 amide bonds. The fraction of sp³-hybridized carbons (Fsp3) is 1.00. The second kappa shape index (κ2) is 5.70. The van der Waals surface area contributed by atoms with Gasteiger partial charge in [0, 0.05) is 30.7 Å². The van der Waals surface area contributed by atoms with Crippen molar-refractivity contribution in [3.8, 4) is 0 Å². The Kier molecular flexibility index (Phi) is 4.63. The molecule has 2 N–H and O–H groups in total. The number of halogens is 3. The minimum Gasteiger partial charge on any atom is -0.378 e. The van der Waals surface area contributed by atoms with Crippen molar-refractivity contribution < 1.29 is 17.9 Å². The summed E-state index contributed by atoms with van der Waals surface area (Å²) < 4.78 is 44.3. The lowest BCUT2D eigenvalue weighted by molar-refractivity contribution is -0.194. The van der Waals surface area contributed by atoms with Gasteiger partial charge in [-0.05, 0) is 32.7 Å². The van der Waals surface area contributed by atoms with Gasteiger partial charge in [-0.3, -0.25) is 0 Å². The Morgan fingerprint density at radius 2 is 2.00 bits per heavy atom. The number of nitrogens with zero attached hydrogens (tertiary/aromatic N) is 1. The van der Waals surface area contributed by atoms with E-state index in [1.807, 2.05) is 11.8 Å². The summed E-state index contributed by atoms with van der Waals surface area (Å²) in [6.07, 6.45) is -2.43. The molecule has 2 aliphatic rings. The van der Waals surface area contributed by atoms with Gasteiger partial charge in [0.05, 0.1) is 12.0 Å². The third-order valence-electron chi connectivity index (χ3n) is 5.48. The third-order valence-corrected chi connectivity index (χ3v) is 5.48. The molecule has 21 heavy (non-hydrogen) atoms. The second-order valence-corrected chi connectivity index (χ2v) is 7.14. The molecule has 6 heteroatoms. The van der Waals surface area contributed by atoms with Crippen LogP contribution in [0.5, 0.6) is 0 Å². The van der Waals surface area contributed by atoms with Crippen LogP contribution in [0.15, 0.2) is 0 Å². The van der Waals surface area contributed by atoms with Crippen molar-refractivity contribution in [2.45, 2.75) is 57.9 Å². The van der Waals surface area contributed by atoms with Crippen LogP contribution in [0.2, 0.25) is 0 Å². The molecule has 3 atom stereocenters. The Hall–Kier alpha value is -0.330. The lowest BCUT2D eigenvalue weighted by Crippen LogP contribution is -2.74. The minimum absolute atomic E-state index is 0.0812. The predicted molar refractivity (Wildman–Crippen MR) is 75.9 cm³/mol. The van der Waals surface area contributed by atoms with Crippen LogP contribution in [0, 0.1) is 11.3 Å². The molecular formula is C15H27F3N2O. The highest BCUT2D eigenvalue weighted by Gasteiger charge is 2.59. The van der Waals surface area contributed by atoms with Gasteiger partial charge in [0.25, 0.3) is 0 Å². The Bertz CT molecular complexity index is 372. The molecule has 0 bridgehead atoms. The van der Waals surface area contributed by atoms with Crippen LogP contribution in [0.4, 0.5) is 13.2 Å². The van der Waals surface area contributed by atoms with Crippen molar-refractivity contribution in [3.05, 3.63) is 0 Å². The lowest BCUT2D eigenvalue weighted by Gasteiger charge is -2.60. The van der Waals surface area contributed by atoms with E-state index in [-0.39, 0.29) is 24.5 Å². The molecule has 0 radical (unpaired) electrons. The first-order valence-electron chi connectivity index (χ1n) is 7.79. The maximum absolute atomic E-state index is 12.9. The molecule has 3 nitrogen and oxygen atoms in total. The van der Waals surface area contributed by atoms with E-state index < -0.39 is 17.6 Å². The van der Waals surface area contributed by atoms with Crippen molar-refractivity contribution in [2.24, 2.45) is 17.1 Å². The summed E-state index contributed by atoms with van der Waals surface area (Å²) in [4.78, 5) is 1.89. The fourth-order valence-corrected chi connectivity index (χ4v) is 3.64. The second-order valence-electron chi connectivity index (χ2n) is 7.14. The molecule has 1 aliphatic heterocycles. The monoisotopic (exact) mass is 308 g/mol. The van der Waals surface area contributed by atoms with Crippen LogP contribution in [0.3, 0.4) is 0 Å². The van der Waals surface area contributed by atoms with E-state index in [1.54, 1.807) is 0 Å². The zero-order valence-electron chi connectivity index (χ0n) is 13.2. The number of rotatable bonds is 4. The van der Waals surface area contributed by atoms with Crippen molar-refractivity contribution >= 4 is 0 Å². The maximum atomic E-state index is 12.9. The number of piperidine rings is 1. The molecule has 124 valence electrons. The van der Waals surface area contributed by atoms with Crippen molar-refractivity contribution in [3.63, 3.8) is 0 Å². The maximum Gasteiger partial charge on any atom is 0.393 e. The van der Waals surface area contributed by atoms with Gasteiger partial charge >= 0.3 is 6.18 Å². The van der Waals surface area contributed by atoms with Gasteiger partial charge in [0.1, 0.15) is 0 Å². The zero-order chi connectivity index (χ0) is 15.9. The van der Waals surface area contributed by atoms with Gasteiger partial charge < -0.3 is 15.4 Å². The molecule has 2 fully saturated rings. The average Bonchev–Trinajstić information content (AvgIpc) is 2.38. The van der Waals surface area contributed by atoms with Gasteiger partial charge in [-0.1, -0.05) is 13.8 Å². The molecule has 1 aliphatic carbocycles. The molecule has 1 heterocycles. The van der Waals surface area contributed by atoms with E-state index in [0.717, 1.165) is 6.42 Å². The number of nitrogens with two attached hydrogens (primary N) is 1. The highest BCUT2D eigenvalue weighted by atomic mass is 19.4. The molecule has 3 unspecified atom stereocenters. The topological polar surface area (TPSA) is 38.5 Å². The van der Waals surface area contributed by atoms with Crippen molar-refractivity contribution in [2.75, 3.05) is 26.2 Å². The van der Waals surface area contributed by atoms with Gasteiger partial charge in [0.15, 0.2) is 0 Å². The van der Waals surface area contributed by atoms with E-state index in [4.69, 9.17) is 10.5 Å². The highest BCUT2D eigenvalue weighted by Crippen LogP contribution is 2.50. The molecule has 1 saturated carbocycles. The average molecular weight is 308 g/mol. The molecule has 0 aromatic rings. The van der Waals surface area contributed by atoms with Crippen molar-refractivity contribution in [1.82, 2.24) is 4.90 Å². The fourth-order valence-electron chi connectivity index (χ4n) is 3.64. The highest BCUT2D eigenvalue weighted by molar-refractivity contribution is 5.15. The van der Waals surface area contributed by atoms with E-state index >= 15 is 0 Å². The first-order valence-corrected chi connectivity index (χ1v) is 7.79. The first-order chi connectivity index (χ1) is 9.60. The summed E-state index contributed by atoms with van der Waals surface area (Å²) >= 11 is 0. The van der Waals surface area contributed by atoms with Crippen LogP contribution in [-0.2, 0) is 4.74 Å². The standard InChI is InChI=1S/C15H27F3N2O/c1-4-21-12-8-14(19,13(12,2)3)10-20-7-5-6-11(9-20)15(16,17)18/h11-12H,4-10,19H2,1-3H3. The third kappa shape index (κ3) is 3.22. The summed E-state index contributed by atoms with van der Waals surface area (Å²) in [5.74, 6) is -1.21. The Morgan fingerprint density at radius 3 is 2.52 bits per heavy atom. The van der Waals surface area contributed by atoms with Gasteiger partial charge in [-0.2, -0.15) is 13.2 Å². The number of likely N-dealkylation sites (tertiary alicyclic amines) is 1. The van der Waals surface area contributed by atoms with Crippen LogP contribution in [0.1, 0.15) is 40.0 Å². The number of ether oxygens (including phenoxy) is 1. The zero-order valence-corrected chi connectivity index (χ0v) is 13.2. The van der Waals surface area contributed by atoms with Crippen molar-refractivity contribution in [1.29, 1.82) is 0 Å². The molecule has 0 aromatic heterocycles. The largest absolute Gasteiger partial charge is 0.393 e. The predicted octanol–water partition coefficient (Wildman–Crippen LogP) is 2.79. The van der Waals surface area contributed by atoms with Gasteiger partial charge in [0.2, 0.25) is 0 Å². The quantitative estimate of drug-likeness (QED) is 0.868. The summed E-state index contributed by atoms with van der Waals surface area (Å²) in [6.45, 7) is 8.02. The lowest BCUT2D eigenvalue weighted by atomic mass is 9.54. The van der Waals surface area contributed by atoms with E-state index in [1.165, 1.54) is 0 Å². The number of alkyl halides is 3. The Labute approximate surface area is 125 Å². The van der Waals surface area contributed by atoms with Gasteiger partial charge in [-0.15, -0.1) is 0 Å². The molecule has 0 aromatic carbocycles. The van der Waals surface area contributed by atoms with Crippen LogP contribution in [0.25, 0.3) is 0 Å². The molecule has 2 rings (SSSR count). The van der Waals surface area contributed by atoms with E-state index in [9.17, 15) is 13.2 Å². The normalized spacial score (nSPS) is 37.3. The summed E-state index contributed by atoms with van der Waals surface area (Å²) in [7, 11) is 0. The Balaban J connectivity index is 1.96. The Morgan fingerprint density at radius 1 is 1.33 bits per heavy atom. The van der Waals surface area contributed by atoms with E-state index in [2.05, 4.69) is 13.8 Å². The smallest absolute Gasteiger partial charge is 0.378 e. The minimum atomic E-state index is -4.09. The molecule has 1 saturated heterocycles. The van der Waals surface area contributed by atoms with Crippen LogP contribution in [-0.4, -0.2) is 49.0 Å². The van der Waals surface area contributed by atoms with Crippen LogP contribution < -0.4 is 5.73 Å². The molecular weight excluding hydrogens is 281 g/mol.